The van der Waals surface area contributed by atoms with Crippen molar-refractivity contribution < 1.29 is 9.72 Å². The number of benzene rings is 1. The SMILES string of the molecule is Cc1cc(NC(=O)CN2CCCCCCC2)c([N+](=O)[O-])cc1C. The first kappa shape index (κ1) is 17.4. The fourth-order valence-corrected chi connectivity index (χ4v) is 2.92. The maximum absolute atomic E-state index is 12.3. The van der Waals surface area contributed by atoms with Crippen molar-refractivity contribution in [2.24, 2.45) is 0 Å². The summed E-state index contributed by atoms with van der Waals surface area (Å²) in [6, 6.07) is 3.19. The van der Waals surface area contributed by atoms with E-state index in [4.69, 9.17) is 0 Å². The number of carbonyl (C=O) groups excluding carboxylic acids is 1. The van der Waals surface area contributed by atoms with Gasteiger partial charge in [0.25, 0.3) is 5.69 Å². The molecule has 126 valence electrons. The second kappa shape index (κ2) is 8.06. The molecule has 1 saturated heterocycles. The summed E-state index contributed by atoms with van der Waals surface area (Å²) in [4.78, 5) is 25.2. The van der Waals surface area contributed by atoms with E-state index in [9.17, 15) is 14.9 Å². The highest BCUT2D eigenvalue weighted by atomic mass is 16.6. The summed E-state index contributed by atoms with van der Waals surface area (Å²) in [6.45, 7) is 5.84. The van der Waals surface area contributed by atoms with Crippen LogP contribution in [0.1, 0.15) is 43.2 Å². The molecule has 1 aromatic carbocycles. The Morgan fingerprint density at radius 2 is 1.70 bits per heavy atom. The first-order valence-corrected chi connectivity index (χ1v) is 8.25. The zero-order chi connectivity index (χ0) is 16.8. The number of nitrogens with one attached hydrogen (secondary N) is 1. The van der Waals surface area contributed by atoms with Gasteiger partial charge in [0.05, 0.1) is 11.5 Å². The topological polar surface area (TPSA) is 75.5 Å². The summed E-state index contributed by atoms with van der Waals surface area (Å²) < 4.78 is 0. The molecule has 0 bridgehead atoms. The Balaban J connectivity index is 2.04. The number of nitro benzene ring substituents is 1. The largest absolute Gasteiger partial charge is 0.319 e. The molecule has 1 aromatic rings. The zero-order valence-corrected chi connectivity index (χ0v) is 13.9. The molecule has 1 heterocycles. The van der Waals surface area contributed by atoms with E-state index < -0.39 is 4.92 Å². The lowest BCUT2D eigenvalue weighted by Gasteiger charge is -2.23. The quantitative estimate of drug-likeness (QED) is 0.681. The van der Waals surface area contributed by atoms with Gasteiger partial charge in [-0.1, -0.05) is 19.3 Å². The van der Waals surface area contributed by atoms with Gasteiger partial charge in [0, 0.05) is 6.07 Å². The van der Waals surface area contributed by atoms with Crippen molar-refractivity contribution in [3.63, 3.8) is 0 Å². The van der Waals surface area contributed by atoms with E-state index in [1.807, 2.05) is 13.8 Å². The third kappa shape index (κ3) is 5.03. The van der Waals surface area contributed by atoms with Gasteiger partial charge in [0.15, 0.2) is 0 Å². The number of carbonyl (C=O) groups is 1. The number of aryl methyl sites for hydroxylation is 2. The van der Waals surface area contributed by atoms with Gasteiger partial charge in [-0.05, 0) is 57.0 Å². The number of hydrogen-bond donors (Lipinski definition) is 1. The third-order valence-electron chi connectivity index (χ3n) is 4.40. The minimum Gasteiger partial charge on any atom is -0.319 e. The number of rotatable bonds is 4. The molecule has 0 saturated carbocycles. The molecule has 1 fully saturated rings. The average molecular weight is 319 g/mol. The van der Waals surface area contributed by atoms with Crippen LogP contribution >= 0.6 is 0 Å². The van der Waals surface area contributed by atoms with Crippen LogP contribution in [-0.4, -0.2) is 35.4 Å². The normalized spacial score (nSPS) is 16.4. The highest BCUT2D eigenvalue weighted by molar-refractivity contribution is 5.94. The number of anilines is 1. The fourth-order valence-electron chi connectivity index (χ4n) is 2.92. The van der Waals surface area contributed by atoms with Crippen LogP contribution in [0.25, 0.3) is 0 Å². The van der Waals surface area contributed by atoms with Crippen molar-refractivity contribution in [1.29, 1.82) is 0 Å². The van der Waals surface area contributed by atoms with E-state index in [0.717, 1.165) is 37.1 Å². The van der Waals surface area contributed by atoms with Crippen LogP contribution in [0.2, 0.25) is 0 Å². The second-order valence-corrected chi connectivity index (χ2v) is 6.30. The molecule has 0 radical (unpaired) electrons. The number of nitro groups is 1. The maximum atomic E-state index is 12.3. The van der Waals surface area contributed by atoms with Crippen LogP contribution in [0.5, 0.6) is 0 Å². The fraction of sp³-hybridized carbons (Fsp3) is 0.588. The van der Waals surface area contributed by atoms with Crippen LogP contribution in [0.15, 0.2) is 12.1 Å². The van der Waals surface area contributed by atoms with Crippen LogP contribution in [0.4, 0.5) is 11.4 Å². The molecular formula is C17H25N3O3. The molecular weight excluding hydrogens is 294 g/mol. The first-order valence-electron chi connectivity index (χ1n) is 8.25. The van der Waals surface area contributed by atoms with Gasteiger partial charge in [-0.15, -0.1) is 0 Å². The molecule has 6 heteroatoms. The van der Waals surface area contributed by atoms with Crippen molar-refractivity contribution in [2.75, 3.05) is 25.0 Å². The Bertz CT molecular complexity index is 579. The van der Waals surface area contributed by atoms with Crippen molar-refractivity contribution in [3.05, 3.63) is 33.4 Å². The highest BCUT2D eigenvalue weighted by Crippen LogP contribution is 2.27. The summed E-state index contributed by atoms with van der Waals surface area (Å²) in [5.74, 6) is -0.183. The Morgan fingerprint density at radius 1 is 1.13 bits per heavy atom. The summed E-state index contributed by atoms with van der Waals surface area (Å²) >= 11 is 0. The van der Waals surface area contributed by atoms with Crippen molar-refractivity contribution in [1.82, 2.24) is 4.90 Å². The molecule has 1 amide bonds. The molecule has 1 N–H and O–H groups in total. The van der Waals surface area contributed by atoms with Crippen LogP contribution in [0.3, 0.4) is 0 Å². The lowest BCUT2D eigenvalue weighted by Crippen LogP contribution is -2.35. The summed E-state index contributed by atoms with van der Waals surface area (Å²) in [6.07, 6.45) is 5.91. The molecule has 23 heavy (non-hydrogen) atoms. The summed E-state index contributed by atoms with van der Waals surface area (Å²) in [7, 11) is 0. The highest BCUT2D eigenvalue weighted by Gasteiger charge is 2.19. The van der Waals surface area contributed by atoms with Crippen molar-refractivity contribution in [2.45, 2.75) is 46.0 Å². The lowest BCUT2D eigenvalue weighted by molar-refractivity contribution is -0.384. The average Bonchev–Trinajstić information content (AvgIpc) is 2.45. The lowest BCUT2D eigenvalue weighted by atomic mass is 10.1. The number of nitrogens with zero attached hydrogens (tertiary/aromatic N) is 2. The molecule has 0 aromatic heterocycles. The molecule has 2 rings (SSSR count). The summed E-state index contributed by atoms with van der Waals surface area (Å²) in [5.41, 5.74) is 2.01. The van der Waals surface area contributed by atoms with E-state index >= 15 is 0 Å². The van der Waals surface area contributed by atoms with Crippen molar-refractivity contribution >= 4 is 17.3 Å². The van der Waals surface area contributed by atoms with E-state index in [1.54, 1.807) is 6.07 Å². The summed E-state index contributed by atoms with van der Waals surface area (Å²) in [5, 5.41) is 13.9. The minimum atomic E-state index is -0.446. The van der Waals surface area contributed by atoms with E-state index in [0.29, 0.717) is 6.54 Å². The van der Waals surface area contributed by atoms with Gasteiger partial charge in [-0.3, -0.25) is 19.8 Å². The predicted molar refractivity (Wildman–Crippen MR) is 90.7 cm³/mol. The smallest absolute Gasteiger partial charge is 0.293 e. The Labute approximate surface area is 137 Å². The third-order valence-corrected chi connectivity index (χ3v) is 4.40. The van der Waals surface area contributed by atoms with Crippen LogP contribution < -0.4 is 5.32 Å². The minimum absolute atomic E-state index is 0.0471. The molecule has 1 aliphatic heterocycles. The molecule has 6 nitrogen and oxygen atoms in total. The van der Waals surface area contributed by atoms with Crippen LogP contribution in [-0.2, 0) is 4.79 Å². The zero-order valence-electron chi connectivity index (χ0n) is 13.9. The Hall–Kier alpha value is -1.95. The number of likely N-dealkylation sites (tertiary alicyclic amines) is 1. The van der Waals surface area contributed by atoms with Gasteiger partial charge in [-0.25, -0.2) is 0 Å². The van der Waals surface area contributed by atoms with Gasteiger partial charge < -0.3 is 5.32 Å². The van der Waals surface area contributed by atoms with Crippen molar-refractivity contribution in [3.8, 4) is 0 Å². The van der Waals surface area contributed by atoms with E-state index in [2.05, 4.69) is 10.2 Å². The van der Waals surface area contributed by atoms with E-state index in [-0.39, 0.29) is 17.3 Å². The number of hydrogen-bond acceptors (Lipinski definition) is 4. The first-order chi connectivity index (χ1) is 11.0. The molecule has 0 spiro atoms. The molecule has 0 unspecified atom stereocenters. The van der Waals surface area contributed by atoms with Gasteiger partial charge in [0.1, 0.15) is 5.69 Å². The molecule has 0 aliphatic carbocycles. The van der Waals surface area contributed by atoms with Crippen LogP contribution in [0, 0.1) is 24.0 Å². The number of amides is 1. The van der Waals surface area contributed by atoms with Gasteiger partial charge in [0.2, 0.25) is 5.91 Å². The second-order valence-electron chi connectivity index (χ2n) is 6.30. The standard InChI is InChI=1S/C17H25N3O3/c1-13-10-15(16(20(22)23)11-14(13)2)18-17(21)12-19-8-6-4-3-5-7-9-19/h10-11H,3-9,12H2,1-2H3,(H,18,21). The molecule has 0 atom stereocenters. The Morgan fingerprint density at radius 3 is 2.30 bits per heavy atom. The maximum Gasteiger partial charge on any atom is 0.293 e. The Kier molecular flexibility index (Phi) is 6.10. The van der Waals surface area contributed by atoms with Gasteiger partial charge >= 0.3 is 0 Å². The van der Waals surface area contributed by atoms with E-state index in [1.165, 1.54) is 25.3 Å². The van der Waals surface area contributed by atoms with Gasteiger partial charge in [-0.2, -0.15) is 0 Å². The monoisotopic (exact) mass is 319 g/mol. The molecule has 1 aliphatic rings. The predicted octanol–water partition coefficient (Wildman–Crippen LogP) is 3.42.